The summed E-state index contributed by atoms with van der Waals surface area (Å²) in [6.07, 6.45) is 1.89. The number of nitrogens with zero attached hydrogens (tertiary/aromatic N) is 2. The summed E-state index contributed by atoms with van der Waals surface area (Å²) in [6.45, 7) is 0. The van der Waals surface area contributed by atoms with Crippen molar-refractivity contribution < 1.29 is 10.2 Å². The fourth-order valence-electron chi connectivity index (χ4n) is 2.34. The van der Waals surface area contributed by atoms with E-state index in [9.17, 15) is 10.2 Å². The summed E-state index contributed by atoms with van der Waals surface area (Å²) < 4.78 is 0. The number of para-hydroxylation sites is 1. The summed E-state index contributed by atoms with van der Waals surface area (Å²) >= 11 is 1.37. The van der Waals surface area contributed by atoms with Gasteiger partial charge in [-0.15, -0.1) is 10.2 Å². The van der Waals surface area contributed by atoms with Crippen LogP contribution in [0.1, 0.15) is 0 Å². The minimum atomic E-state index is -0.175. The van der Waals surface area contributed by atoms with Gasteiger partial charge in [0, 0.05) is 22.7 Å². The van der Waals surface area contributed by atoms with Crippen molar-refractivity contribution in [1.82, 2.24) is 15.2 Å². The Kier molecular flexibility index (Phi) is 2.83. The third-order valence-electron chi connectivity index (χ3n) is 3.47. The number of hydrogen-bond acceptors (Lipinski definition) is 5. The van der Waals surface area contributed by atoms with E-state index in [2.05, 4.69) is 15.2 Å². The number of fused-ring (bicyclic) bond motifs is 1. The predicted octanol–water partition coefficient (Wildman–Crippen LogP) is 3.76. The Hall–Kier alpha value is -2.86. The van der Waals surface area contributed by atoms with Crippen LogP contribution in [0.3, 0.4) is 0 Å². The predicted molar refractivity (Wildman–Crippen MR) is 86.0 cm³/mol. The monoisotopic (exact) mass is 309 g/mol. The minimum Gasteiger partial charge on any atom is -0.504 e. The molecule has 0 aliphatic rings. The number of aromatic hydroxyl groups is 2. The van der Waals surface area contributed by atoms with E-state index < -0.39 is 0 Å². The molecule has 5 nitrogen and oxygen atoms in total. The second-order valence-corrected chi connectivity index (χ2v) is 5.84. The van der Waals surface area contributed by atoms with E-state index in [4.69, 9.17) is 0 Å². The van der Waals surface area contributed by atoms with Crippen LogP contribution in [0.25, 0.3) is 32.0 Å². The lowest BCUT2D eigenvalue weighted by molar-refractivity contribution is 0.405. The number of phenols is 2. The highest BCUT2D eigenvalue weighted by Gasteiger charge is 2.14. The van der Waals surface area contributed by atoms with Gasteiger partial charge in [0.25, 0.3) is 0 Å². The molecule has 3 N–H and O–H groups in total. The van der Waals surface area contributed by atoms with E-state index in [0.29, 0.717) is 10.6 Å². The van der Waals surface area contributed by atoms with Gasteiger partial charge in [-0.1, -0.05) is 17.4 Å². The van der Waals surface area contributed by atoms with Gasteiger partial charge in [-0.25, -0.2) is 0 Å². The molecule has 0 radical (unpaired) electrons. The molecule has 108 valence electrons. The third-order valence-corrected chi connectivity index (χ3v) is 4.48. The first-order chi connectivity index (χ1) is 10.7. The first kappa shape index (κ1) is 12.8. The van der Waals surface area contributed by atoms with Gasteiger partial charge in [-0.3, -0.25) is 0 Å². The highest BCUT2D eigenvalue weighted by atomic mass is 32.1. The number of hydrogen-bond donors (Lipinski definition) is 3. The molecule has 2 aromatic carbocycles. The number of benzene rings is 2. The van der Waals surface area contributed by atoms with Crippen LogP contribution < -0.4 is 0 Å². The Bertz CT molecular complexity index is 974. The van der Waals surface area contributed by atoms with Crippen LogP contribution in [0.2, 0.25) is 0 Å². The molecule has 0 amide bonds. The normalized spacial score (nSPS) is 11.1. The van der Waals surface area contributed by atoms with Crippen molar-refractivity contribution in [3.63, 3.8) is 0 Å². The smallest absolute Gasteiger partial charge is 0.167 e. The average molecular weight is 309 g/mol. The zero-order chi connectivity index (χ0) is 15.1. The molecule has 0 aliphatic heterocycles. The molecule has 0 spiro atoms. The topological polar surface area (TPSA) is 82.0 Å². The Morgan fingerprint density at radius 2 is 1.82 bits per heavy atom. The van der Waals surface area contributed by atoms with Crippen LogP contribution in [0, 0.1) is 0 Å². The van der Waals surface area contributed by atoms with Crippen molar-refractivity contribution in [1.29, 1.82) is 0 Å². The molecule has 4 rings (SSSR count). The fraction of sp³-hybridized carbons (Fsp3) is 0. The van der Waals surface area contributed by atoms with Crippen molar-refractivity contribution >= 4 is 22.2 Å². The molecule has 0 bridgehead atoms. The molecule has 22 heavy (non-hydrogen) atoms. The molecular weight excluding hydrogens is 298 g/mol. The van der Waals surface area contributed by atoms with E-state index in [-0.39, 0.29) is 11.5 Å². The highest BCUT2D eigenvalue weighted by molar-refractivity contribution is 7.18. The van der Waals surface area contributed by atoms with E-state index in [1.807, 2.05) is 30.5 Å². The van der Waals surface area contributed by atoms with Gasteiger partial charge < -0.3 is 15.2 Å². The Labute approximate surface area is 129 Å². The molecule has 6 heteroatoms. The maximum Gasteiger partial charge on any atom is 0.167 e. The standard InChI is InChI=1S/C16H11N3O2S/c20-13-3-1-2-11(14(13)21)16-19-18-15(22-16)10-4-5-12-9(8-10)6-7-17-12/h1-8,17,20-21H. The second-order valence-electron chi connectivity index (χ2n) is 4.87. The van der Waals surface area contributed by atoms with Gasteiger partial charge in [-0.2, -0.15) is 0 Å². The van der Waals surface area contributed by atoms with E-state index in [0.717, 1.165) is 21.5 Å². The number of H-pyrrole nitrogens is 1. The average Bonchev–Trinajstić information content (AvgIpc) is 3.17. The van der Waals surface area contributed by atoms with Gasteiger partial charge in [-0.05, 0) is 36.4 Å². The quantitative estimate of drug-likeness (QED) is 0.492. The molecule has 2 heterocycles. The summed E-state index contributed by atoms with van der Waals surface area (Å²) in [4.78, 5) is 3.15. The zero-order valence-electron chi connectivity index (χ0n) is 11.3. The van der Waals surface area contributed by atoms with Crippen LogP contribution in [0.5, 0.6) is 11.5 Å². The second kappa shape index (κ2) is 4.85. The van der Waals surface area contributed by atoms with Gasteiger partial charge in [0.05, 0.1) is 5.56 Å². The van der Waals surface area contributed by atoms with Crippen molar-refractivity contribution in [3.05, 3.63) is 48.7 Å². The van der Waals surface area contributed by atoms with Gasteiger partial charge in [0.15, 0.2) is 16.5 Å². The van der Waals surface area contributed by atoms with Crippen molar-refractivity contribution in [2.24, 2.45) is 0 Å². The number of rotatable bonds is 2. The van der Waals surface area contributed by atoms with Gasteiger partial charge >= 0.3 is 0 Å². The lowest BCUT2D eigenvalue weighted by Crippen LogP contribution is -1.79. The molecule has 0 aliphatic carbocycles. The highest BCUT2D eigenvalue weighted by Crippen LogP contribution is 2.39. The lowest BCUT2D eigenvalue weighted by atomic mass is 10.2. The van der Waals surface area contributed by atoms with Crippen LogP contribution in [0.4, 0.5) is 0 Å². The largest absolute Gasteiger partial charge is 0.504 e. The first-order valence-electron chi connectivity index (χ1n) is 6.65. The van der Waals surface area contributed by atoms with Crippen molar-refractivity contribution in [3.8, 4) is 32.6 Å². The van der Waals surface area contributed by atoms with Crippen LogP contribution in [-0.2, 0) is 0 Å². The van der Waals surface area contributed by atoms with Crippen LogP contribution in [0.15, 0.2) is 48.7 Å². The third kappa shape index (κ3) is 2.01. The maximum atomic E-state index is 9.93. The lowest BCUT2D eigenvalue weighted by Gasteiger charge is -2.01. The SMILES string of the molecule is Oc1cccc(-c2nnc(-c3ccc4[nH]ccc4c3)s2)c1O. The first-order valence-corrected chi connectivity index (χ1v) is 7.46. The van der Waals surface area contributed by atoms with E-state index in [1.54, 1.807) is 12.1 Å². The summed E-state index contributed by atoms with van der Waals surface area (Å²) in [6, 6.07) is 12.8. The number of nitrogens with one attached hydrogen (secondary N) is 1. The Morgan fingerprint density at radius 3 is 2.73 bits per heavy atom. The van der Waals surface area contributed by atoms with Gasteiger partial charge in [0.1, 0.15) is 5.01 Å². The number of aromatic nitrogens is 3. The minimum absolute atomic E-state index is 0.164. The Balaban J connectivity index is 1.79. The molecule has 0 atom stereocenters. The Morgan fingerprint density at radius 1 is 0.955 bits per heavy atom. The number of phenolic OH excluding ortho intramolecular Hbond substituents is 2. The van der Waals surface area contributed by atoms with Crippen molar-refractivity contribution in [2.75, 3.05) is 0 Å². The molecule has 2 aromatic heterocycles. The van der Waals surface area contributed by atoms with E-state index >= 15 is 0 Å². The van der Waals surface area contributed by atoms with Crippen LogP contribution >= 0.6 is 11.3 Å². The van der Waals surface area contributed by atoms with Crippen LogP contribution in [-0.4, -0.2) is 25.4 Å². The molecule has 0 unspecified atom stereocenters. The number of aromatic amines is 1. The van der Waals surface area contributed by atoms with E-state index in [1.165, 1.54) is 17.4 Å². The molecular formula is C16H11N3O2S. The zero-order valence-corrected chi connectivity index (χ0v) is 12.1. The summed E-state index contributed by atoms with van der Waals surface area (Å²) in [7, 11) is 0. The summed E-state index contributed by atoms with van der Waals surface area (Å²) in [5, 5.41) is 30.3. The molecule has 0 fully saturated rings. The summed E-state index contributed by atoms with van der Waals surface area (Å²) in [5.74, 6) is -0.339. The molecule has 0 saturated carbocycles. The molecule has 0 saturated heterocycles. The summed E-state index contributed by atoms with van der Waals surface area (Å²) in [5.41, 5.74) is 2.51. The fourth-order valence-corrected chi connectivity index (χ4v) is 3.20. The van der Waals surface area contributed by atoms with Gasteiger partial charge in [0.2, 0.25) is 0 Å². The molecule has 4 aromatic rings. The maximum absolute atomic E-state index is 9.93. The van der Waals surface area contributed by atoms with Crippen molar-refractivity contribution in [2.45, 2.75) is 0 Å².